The molecule has 0 rings (SSSR count). The molecule has 0 heterocycles. The summed E-state index contributed by atoms with van der Waals surface area (Å²) in [6.45, 7) is 7.48. The molecule has 3 heteroatoms. The first-order valence-corrected chi connectivity index (χ1v) is 3.73. The Morgan fingerprint density at radius 2 is 2.00 bits per heavy atom. The first-order valence-electron chi connectivity index (χ1n) is 3.73. The highest BCUT2D eigenvalue weighted by Gasteiger charge is 2.04. The smallest absolute Gasteiger partial charge is 0.318 e. The molecule has 64 valence electrons. The number of carbonyl (C=O) groups excluding carboxylic acids is 1. The molecule has 0 aliphatic carbocycles. The van der Waals surface area contributed by atoms with Crippen molar-refractivity contribution in [3.05, 3.63) is 0 Å². The highest BCUT2D eigenvalue weighted by atomic mass is 16.7. The molecule has 0 N–H and O–H groups in total. The van der Waals surface area contributed by atoms with Crippen molar-refractivity contribution in [2.24, 2.45) is 11.1 Å². The van der Waals surface area contributed by atoms with E-state index in [1.165, 1.54) is 0 Å². The first-order chi connectivity index (χ1) is 5.02. The van der Waals surface area contributed by atoms with Gasteiger partial charge in [0.05, 0.1) is 12.1 Å². The summed E-state index contributed by atoms with van der Waals surface area (Å²) in [7, 11) is 0. The van der Waals surface area contributed by atoms with Gasteiger partial charge in [0.1, 0.15) is 0 Å². The Morgan fingerprint density at radius 3 is 2.36 bits per heavy atom. The van der Waals surface area contributed by atoms with Crippen LogP contribution >= 0.6 is 0 Å². The van der Waals surface area contributed by atoms with E-state index in [0.717, 1.165) is 5.71 Å². The number of nitrogens with zero attached hydrogens (tertiary/aromatic N) is 1. The quantitative estimate of drug-likeness (QED) is 0.357. The van der Waals surface area contributed by atoms with Crippen molar-refractivity contribution in [1.29, 1.82) is 0 Å². The van der Waals surface area contributed by atoms with Crippen LogP contribution in [0.1, 0.15) is 34.1 Å². The molecule has 0 aromatic heterocycles. The van der Waals surface area contributed by atoms with Gasteiger partial charge in [-0.2, -0.15) is 0 Å². The second kappa shape index (κ2) is 4.88. The van der Waals surface area contributed by atoms with E-state index in [1.54, 1.807) is 13.8 Å². The number of carbonyl (C=O) groups is 1. The minimum Gasteiger partial charge on any atom is -0.318 e. The summed E-state index contributed by atoms with van der Waals surface area (Å²) < 4.78 is 0. The molecule has 0 aromatic carbocycles. The van der Waals surface area contributed by atoms with Crippen molar-refractivity contribution in [2.75, 3.05) is 0 Å². The van der Waals surface area contributed by atoms with E-state index in [9.17, 15) is 4.79 Å². The molecule has 0 aliphatic rings. The number of hydrogen-bond donors (Lipinski definition) is 0. The second-order valence-corrected chi connectivity index (χ2v) is 3.10. The van der Waals surface area contributed by atoms with Gasteiger partial charge >= 0.3 is 5.97 Å². The van der Waals surface area contributed by atoms with Crippen LogP contribution in [-0.2, 0) is 9.63 Å². The lowest BCUT2D eigenvalue weighted by Crippen LogP contribution is -2.04. The molecule has 0 saturated heterocycles. The monoisotopic (exact) mass is 157 g/mol. The van der Waals surface area contributed by atoms with Crippen molar-refractivity contribution in [2.45, 2.75) is 34.1 Å². The van der Waals surface area contributed by atoms with Crippen molar-refractivity contribution in [3.63, 3.8) is 0 Å². The minimum atomic E-state index is -0.263. The third kappa shape index (κ3) is 7.03. The van der Waals surface area contributed by atoms with Gasteiger partial charge in [-0.15, -0.1) is 0 Å². The predicted octanol–water partition coefficient (Wildman–Crippen LogP) is 1.97. The molecule has 11 heavy (non-hydrogen) atoms. The molecule has 0 unspecified atom stereocenters. The molecule has 3 nitrogen and oxygen atoms in total. The zero-order valence-electron chi connectivity index (χ0n) is 7.55. The Bertz CT molecular complexity index is 157. The maximum absolute atomic E-state index is 10.8. The summed E-state index contributed by atoms with van der Waals surface area (Å²) in [4.78, 5) is 15.4. The van der Waals surface area contributed by atoms with Gasteiger partial charge in [0, 0.05) is 0 Å². The van der Waals surface area contributed by atoms with Gasteiger partial charge in [-0.3, -0.25) is 0 Å². The van der Waals surface area contributed by atoms with Crippen LogP contribution in [0.2, 0.25) is 0 Å². The zero-order valence-corrected chi connectivity index (χ0v) is 7.55. The largest absolute Gasteiger partial charge is 0.335 e. The van der Waals surface area contributed by atoms with Gasteiger partial charge in [0.25, 0.3) is 0 Å². The molecule has 0 amide bonds. The van der Waals surface area contributed by atoms with Crippen molar-refractivity contribution in [1.82, 2.24) is 0 Å². The number of hydrogen-bond acceptors (Lipinski definition) is 3. The number of rotatable bonds is 3. The van der Waals surface area contributed by atoms with E-state index >= 15 is 0 Å². The van der Waals surface area contributed by atoms with E-state index in [4.69, 9.17) is 0 Å². The summed E-state index contributed by atoms with van der Waals surface area (Å²) in [6, 6.07) is 0. The van der Waals surface area contributed by atoms with Gasteiger partial charge in [0.15, 0.2) is 0 Å². The van der Waals surface area contributed by atoms with Crippen LogP contribution in [0.4, 0.5) is 0 Å². The Morgan fingerprint density at radius 1 is 1.45 bits per heavy atom. The predicted molar refractivity (Wildman–Crippen MR) is 44.3 cm³/mol. The van der Waals surface area contributed by atoms with Gasteiger partial charge in [-0.25, -0.2) is 4.79 Å². The van der Waals surface area contributed by atoms with E-state index in [2.05, 4.69) is 9.99 Å². The van der Waals surface area contributed by atoms with Crippen molar-refractivity contribution >= 4 is 11.7 Å². The average Bonchev–Trinajstić information content (AvgIpc) is 1.82. The Hall–Kier alpha value is -0.860. The molecule has 0 radical (unpaired) electrons. The van der Waals surface area contributed by atoms with E-state index in [0.29, 0.717) is 12.3 Å². The van der Waals surface area contributed by atoms with Crippen LogP contribution in [0, 0.1) is 5.92 Å². The maximum atomic E-state index is 10.8. The molecule has 0 aromatic rings. The van der Waals surface area contributed by atoms with E-state index in [-0.39, 0.29) is 5.97 Å². The van der Waals surface area contributed by atoms with Crippen LogP contribution in [0.25, 0.3) is 0 Å². The van der Waals surface area contributed by atoms with Crippen molar-refractivity contribution in [3.8, 4) is 0 Å². The van der Waals surface area contributed by atoms with Gasteiger partial charge in [-0.1, -0.05) is 19.0 Å². The summed E-state index contributed by atoms with van der Waals surface area (Å²) in [5, 5.41) is 3.54. The fraction of sp³-hybridized carbons (Fsp3) is 0.750. The summed E-state index contributed by atoms with van der Waals surface area (Å²) in [5.74, 6) is 0.0658. The van der Waals surface area contributed by atoms with E-state index < -0.39 is 0 Å². The second-order valence-electron chi connectivity index (χ2n) is 3.10. The Balaban J connectivity index is 3.62. The Kier molecular flexibility index (Phi) is 4.50. The van der Waals surface area contributed by atoms with Crippen LogP contribution in [-0.4, -0.2) is 11.7 Å². The first kappa shape index (κ1) is 10.1. The van der Waals surface area contributed by atoms with Gasteiger partial charge < -0.3 is 4.84 Å². The lowest BCUT2D eigenvalue weighted by molar-refractivity contribution is -0.144. The third-order valence-corrected chi connectivity index (χ3v) is 0.905. The normalized spacial score (nSPS) is 9.55. The summed E-state index contributed by atoms with van der Waals surface area (Å²) in [6.07, 6.45) is 0.427. The SMILES string of the molecule is CC(C)=NOC(=O)CC(C)C. The van der Waals surface area contributed by atoms with Crippen LogP contribution < -0.4 is 0 Å². The third-order valence-electron chi connectivity index (χ3n) is 0.905. The average molecular weight is 157 g/mol. The lowest BCUT2D eigenvalue weighted by Gasteiger charge is -2.00. The van der Waals surface area contributed by atoms with Crippen LogP contribution in [0.5, 0.6) is 0 Å². The van der Waals surface area contributed by atoms with Gasteiger partial charge in [0.2, 0.25) is 0 Å². The topological polar surface area (TPSA) is 38.7 Å². The molecular weight excluding hydrogens is 142 g/mol. The lowest BCUT2D eigenvalue weighted by atomic mass is 10.1. The maximum Gasteiger partial charge on any atom is 0.335 e. The van der Waals surface area contributed by atoms with E-state index in [1.807, 2.05) is 13.8 Å². The molecular formula is C8H15NO2. The Labute approximate surface area is 67.4 Å². The van der Waals surface area contributed by atoms with Crippen LogP contribution in [0.15, 0.2) is 5.16 Å². The molecule has 0 saturated carbocycles. The molecule has 0 bridgehead atoms. The molecule has 0 atom stereocenters. The fourth-order valence-corrected chi connectivity index (χ4v) is 0.513. The highest BCUT2D eigenvalue weighted by molar-refractivity contribution is 5.79. The molecule has 0 spiro atoms. The molecule has 0 fully saturated rings. The number of oxime groups is 1. The zero-order chi connectivity index (χ0) is 8.85. The van der Waals surface area contributed by atoms with Crippen molar-refractivity contribution < 1.29 is 9.63 Å². The fourth-order valence-electron chi connectivity index (χ4n) is 0.513. The van der Waals surface area contributed by atoms with Crippen LogP contribution in [0.3, 0.4) is 0 Å². The minimum absolute atomic E-state index is 0.263. The summed E-state index contributed by atoms with van der Waals surface area (Å²) >= 11 is 0. The van der Waals surface area contributed by atoms with Gasteiger partial charge in [-0.05, 0) is 19.8 Å². The summed E-state index contributed by atoms with van der Waals surface area (Å²) in [5.41, 5.74) is 0.752. The molecule has 0 aliphatic heterocycles. The standard InChI is InChI=1S/C8H15NO2/c1-6(2)5-8(10)11-9-7(3)4/h6H,5H2,1-4H3. The highest BCUT2D eigenvalue weighted by Crippen LogP contribution is 2.00.